The van der Waals surface area contributed by atoms with Crippen LogP contribution < -0.4 is 10.6 Å². The van der Waals surface area contributed by atoms with Crippen molar-refractivity contribution >= 4 is 57.1 Å². The van der Waals surface area contributed by atoms with Gasteiger partial charge in [0, 0.05) is 24.2 Å². The van der Waals surface area contributed by atoms with E-state index in [-0.39, 0.29) is 11.8 Å². The van der Waals surface area contributed by atoms with Gasteiger partial charge in [-0.25, -0.2) is 4.99 Å². The molecule has 138 valence electrons. The summed E-state index contributed by atoms with van der Waals surface area (Å²) >= 11 is 1.28. The number of benzene rings is 2. The normalized spacial score (nSPS) is 16.5. The third-order valence-corrected chi connectivity index (χ3v) is 4.88. The third-order valence-electron chi connectivity index (χ3n) is 3.97. The van der Waals surface area contributed by atoms with E-state index in [1.807, 2.05) is 42.5 Å². The maximum absolute atomic E-state index is 12.3. The summed E-state index contributed by atoms with van der Waals surface area (Å²) in [4.78, 5) is 32.8. The van der Waals surface area contributed by atoms with Crippen molar-refractivity contribution in [2.24, 2.45) is 4.99 Å². The molecule has 0 aliphatic carbocycles. The van der Waals surface area contributed by atoms with Crippen LogP contribution in [0, 0.1) is 0 Å². The van der Waals surface area contributed by atoms with Crippen LogP contribution in [0.1, 0.15) is 12.5 Å². The summed E-state index contributed by atoms with van der Waals surface area (Å²) < 4.78 is 0. The van der Waals surface area contributed by atoms with Crippen LogP contribution in [-0.4, -0.2) is 22.0 Å². The number of aliphatic imine (C=N–C) groups is 1. The fourth-order valence-corrected chi connectivity index (χ4v) is 3.63. The minimum atomic E-state index is -0.187. The van der Waals surface area contributed by atoms with Crippen LogP contribution in [0.5, 0.6) is 0 Å². The quantitative estimate of drug-likeness (QED) is 0.662. The van der Waals surface area contributed by atoms with Gasteiger partial charge < -0.3 is 10.6 Å². The maximum Gasteiger partial charge on any atom is 0.264 e. The minimum Gasteiger partial charge on any atom is -0.326 e. The Kier molecular flexibility index (Phi) is 4.90. The Hall–Kier alpha value is -3.45. The van der Waals surface area contributed by atoms with Gasteiger partial charge in [0.15, 0.2) is 5.17 Å². The van der Waals surface area contributed by atoms with Gasteiger partial charge in [0.05, 0.1) is 16.1 Å². The molecule has 6 nitrogen and oxygen atoms in total. The smallest absolute Gasteiger partial charge is 0.264 e. The molecule has 2 aromatic carbocycles. The van der Waals surface area contributed by atoms with Crippen molar-refractivity contribution < 1.29 is 9.59 Å². The van der Waals surface area contributed by atoms with Crippen molar-refractivity contribution in [2.45, 2.75) is 6.92 Å². The van der Waals surface area contributed by atoms with Crippen molar-refractivity contribution in [3.63, 3.8) is 0 Å². The molecule has 4 rings (SSSR count). The van der Waals surface area contributed by atoms with E-state index in [2.05, 4.69) is 20.6 Å². The second-order valence-corrected chi connectivity index (χ2v) is 7.20. The predicted octanol–water partition coefficient (Wildman–Crippen LogP) is 4.08. The third kappa shape index (κ3) is 4.10. The highest BCUT2D eigenvalue weighted by Crippen LogP contribution is 2.29. The van der Waals surface area contributed by atoms with Gasteiger partial charge in [-0.15, -0.1) is 0 Å². The Morgan fingerprint density at radius 1 is 1.18 bits per heavy atom. The molecular weight excluding hydrogens is 372 g/mol. The highest BCUT2D eigenvalue weighted by Gasteiger charge is 2.23. The highest BCUT2D eigenvalue weighted by molar-refractivity contribution is 8.18. The number of anilines is 1. The predicted molar refractivity (Wildman–Crippen MR) is 113 cm³/mol. The molecule has 0 saturated carbocycles. The Bertz CT molecular complexity index is 1150. The van der Waals surface area contributed by atoms with E-state index < -0.39 is 0 Å². The van der Waals surface area contributed by atoms with E-state index >= 15 is 0 Å². The van der Waals surface area contributed by atoms with Gasteiger partial charge in [0.25, 0.3) is 5.91 Å². The summed E-state index contributed by atoms with van der Waals surface area (Å²) in [6.07, 6.45) is 3.59. The Balaban J connectivity index is 1.57. The van der Waals surface area contributed by atoms with Crippen LogP contribution in [-0.2, 0) is 9.59 Å². The summed E-state index contributed by atoms with van der Waals surface area (Å²) in [7, 11) is 0. The average molecular weight is 388 g/mol. The molecule has 0 unspecified atom stereocenters. The van der Waals surface area contributed by atoms with Crippen LogP contribution in [0.15, 0.2) is 70.7 Å². The average Bonchev–Trinajstić information content (AvgIpc) is 3.00. The SMILES string of the molecule is CC(=O)Nc1cccc(N=C2NC(=O)C(=Cc3ccc4ncccc4c3)S2)c1. The number of aromatic nitrogens is 1. The number of thioether (sulfide) groups is 1. The van der Waals surface area contributed by atoms with Crippen molar-refractivity contribution in [3.05, 3.63) is 71.3 Å². The molecule has 3 aromatic rings. The van der Waals surface area contributed by atoms with Gasteiger partial charge >= 0.3 is 0 Å². The lowest BCUT2D eigenvalue weighted by atomic mass is 10.1. The van der Waals surface area contributed by atoms with Crippen LogP contribution in [0.25, 0.3) is 17.0 Å². The molecule has 0 spiro atoms. The van der Waals surface area contributed by atoms with Crippen molar-refractivity contribution in [3.8, 4) is 0 Å². The summed E-state index contributed by atoms with van der Waals surface area (Å²) in [6.45, 7) is 1.45. The first-order chi connectivity index (χ1) is 13.6. The van der Waals surface area contributed by atoms with Crippen molar-refractivity contribution in [1.82, 2.24) is 10.3 Å². The van der Waals surface area contributed by atoms with Crippen LogP contribution in [0.2, 0.25) is 0 Å². The van der Waals surface area contributed by atoms with Gasteiger partial charge in [-0.1, -0.05) is 18.2 Å². The van der Waals surface area contributed by atoms with Gasteiger partial charge in [0.2, 0.25) is 5.91 Å². The number of amidine groups is 1. The maximum atomic E-state index is 12.3. The monoisotopic (exact) mass is 388 g/mol. The molecule has 0 atom stereocenters. The standard InChI is InChI=1S/C21H16N4O2S/c1-13(26)23-16-5-2-6-17(12-16)24-21-25-20(27)19(28-21)11-14-7-8-18-15(10-14)4-3-9-22-18/h2-12H,1H3,(H,23,26)(H,24,25,27). The number of carbonyl (C=O) groups is 2. The first-order valence-electron chi connectivity index (χ1n) is 8.59. The zero-order chi connectivity index (χ0) is 19.5. The molecule has 0 radical (unpaired) electrons. The number of fused-ring (bicyclic) bond motifs is 1. The van der Waals surface area contributed by atoms with E-state index in [1.54, 1.807) is 24.4 Å². The van der Waals surface area contributed by atoms with E-state index in [4.69, 9.17) is 0 Å². The molecule has 1 fully saturated rings. The first kappa shape index (κ1) is 17.9. The van der Waals surface area contributed by atoms with E-state index in [9.17, 15) is 9.59 Å². The molecule has 2 amide bonds. The number of nitrogens with one attached hydrogen (secondary N) is 2. The van der Waals surface area contributed by atoms with Crippen molar-refractivity contribution in [2.75, 3.05) is 5.32 Å². The molecule has 0 bridgehead atoms. The lowest BCUT2D eigenvalue weighted by Crippen LogP contribution is -2.19. The largest absolute Gasteiger partial charge is 0.326 e. The summed E-state index contributed by atoms with van der Waals surface area (Å²) in [5, 5.41) is 7.01. The number of nitrogens with zero attached hydrogens (tertiary/aromatic N) is 2. The molecule has 1 saturated heterocycles. The first-order valence-corrected chi connectivity index (χ1v) is 9.40. The summed E-state index contributed by atoms with van der Waals surface area (Å²) in [5.41, 5.74) is 3.14. The fraction of sp³-hybridized carbons (Fsp3) is 0.0476. The number of carbonyl (C=O) groups excluding carboxylic acids is 2. The van der Waals surface area contributed by atoms with Crippen LogP contribution >= 0.6 is 11.8 Å². The Morgan fingerprint density at radius 2 is 2.07 bits per heavy atom. The zero-order valence-electron chi connectivity index (χ0n) is 15.0. The molecule has 1 aliphatic rings. The van der Waals surface area contributed by atoms with E-state index in [0.29, 0.717) is 21.4 Å². The number of hydrogen-bond acceptors (Lipinski definition) is 5. The molecule has 1 aromatic heterocycles. The van der Waals surface area contributed by atoms with Gasteiger partial charge in [-0.3, -0.25) is 14.6 Å². The number of hydrogen-bond donors (Lipinski definition) is 2. The number of rotatable bonds is 3. The number of amides is 2. The molecule has 2 N–H and O–H groups in total. The van der Waals surface area contributed by atoms with Gasteiger partial charge in [-0.05, 0) is 59.8 Å². The molecule has 7 heteroatoms. The van der Waals surface area contributed by atoms with E-state index in [0.717, 1.165) is 16.5 Å². The summed E-state index contributed by atoms with van der Waals surface area (Å²) in [5.74, 6) is -0.336. The lowest BCUT2D eigenvalue weighted by molar-refractivity contribution is -0.115. The molecular formula is C21H16N4O2S. The van der Waals surface area contributed by atoms with E-state index in [1.165, 1.54) is 18.7 Å². The van der Waals surface area contributed by atoms with Crippen molar-refractivity contribution in [1.29, 1.82) is 0 Å². The summed E-state index contributed by atoms with van der Waals surface area (Å²) in [6, 6.07) is 16.9. The van der Waals surface area contributed by atoms with Crippen LogP contribution in [0.3, 0.4) is 0 Å². The molecule has 2 heterocycles. The van der Waals surface area contributed by atoms with Crippen LogP contribution in [0.4, 0.5) is 11.4 Å². The Morgan fingerprint density at radius 3 is 2.93 bits per heavy atom. The second-order valence-electron chi connectivity index (χ2n) is 6.17. The molecule has 1 aliphatic heterocycles. The second kappa shape index (κ2) is 7.66. The molecule has 28 heavy (non-hydrogen) atoms. The fourth-order valence-electron chi connectivity index (χ4n) is 2.79. The topological polar surface area (TPSA) is 83.5 Å². The lowest BCUT2D eigenvalue weighted by Gasteiger charge is -2.02. The minimum absolute atomic E-state index is 0.149. The van der Waals surface area contributed by atoms with Gasteiger partial charge in [0.1, 0.15) is 0 Å². The number of pyridine rings is 1. The van der Waals surface area contributed by atoms with Gasteiger partial charge in [-0.2, -0.15) is 0 Å². The Labute approximate surface area is 165 Å². The highest BCUT2D eigenvalue weighted by atomic mass is 32.2. The zero-order valence-corrected chi connectivity index (χ0v) is 15.8.